The minimum Gasteiger partial charge on any atom is -0.379 e. The fourth-order valence-electron chi connectivity index (χ4n) is 2.93. The molecule has 28 heavy (non-hydrogen) atoms. The van der Waals surface area contributed by atoms with Gasteiger partial charge in [0.25, 0.3) is 0 Å². The fraction of sp³-hybridized carbons (Fsp3) is 0.263. The summed E-state index contributed by atoms with van der Waals surface area (Å²) < 4.78 is 38.4. The molecule has 0 atom stereocenters. The van der Waals surface area contributed by atoms with Gasteiger partial charge in [-0.15, -0.1) is 0 Å². The second kappa shape index (κ2) is 8.12. The van der Waals surface area contributed by atoms with E-state index in [0.29, 0.717) is 50.0 Å². The Morgan fingerprint density at radius 2 is 1.68 bits per heavy atom. The number of aromatic nitrogens is 2. The number of morpholine rings is 1. The van der Waals surface area contributed by atoms with E-state index < -0.39 is 10.0 Å². The lowest BCUT2D eigenvalue weighted by atomic mass is 10.1. The van der Waals surface area contributed by atoms with Gasteiger partial charge >= 0.3 is 0 Å². The number of hydrogen-bond donors (Lipinski definition) is 0. The predicted molar refractivity (Wildman–Crippen MR) is 106 cm³/mol. The summed E-state index contributed by atoms with van der Waals surface area (Å²) >= 11 is 3.41. The van der Waals surface area contributed by atoms with Crippen LogP contribution in [-0.4, -0.2) is 49.2 Å². The molecule has 1 aliphatic heterocycles. The summed E-state index contributed by atoms with van der Waals surface area (Å²) in [6, 6.07) is 14.4. The summed E-state index contributed by atoms with van der Waals surface area (Å²) in [5.74, 6) is 0.935. The molecule has 1 aliphatic rings. The average Bonchev–Trinajstić information content (AvgIpc) is 3.19. The van der Waals surface area contributed by atoms with Gasteiger partial charge < -0.3 is 9.26 Å². The maximum Gasteiger partial charge on any atom is 0.243 e. The Bertz CT molecular complexity index is 1040. The second-order valence-electron chi connectivity index (χ2n) is 6.36. The number of benzene rings is 2. The smallest absolute Gasteiger partial charge is 0.243 e. The molecular formula is C19H18BrN3O4S. The van der Waals surface area contributed by atoms with Crippen molar-refractivity contribution in [2.24, 2.45) is 0 Å². The van der Waals surface area contributed by atoms with Crippen LogP contribution in [0, 0.1) is 0 Å². The van der Waals surface area contributed by atoms with Crippen molar-refractivity contribution in [3.8, 4) is 11.4 Å². The number of sulfonamides is 1. The molecule has 1 fully saturated rings. The Morgan fingerprint density at radius 3 is 2.36 bits per heavy atom. The Morgan fingerprint density at radius 1 is 1.00 bits per heavy atom. The first kappa shape index (κ1) is 19.3. The highest BCUT2D eigenvalue weighted by Gasteiger charge is 2.26. The number of hydrogen-bond acceptors (Lipinski definition) is 6. The van der Waals surface area contributed by atoms with Crippen LogP contribution in [0.5, 0.6) is 0 Å². The first-order chi connectivity index (χ1) is 13.5. The molecule has 2 aromatic carbocycles. The molecular weight excluding hydrogens is 446 g/mol. The van der Waals surface area contributed by atoms with Crippen LogP contribution < -0.4 is 0 Å². The lowest BCUT2D eigenvalue weighted by Crippen LogP contribution is -2.40. The molecule has 3 aromatic rings. The highest BCUT2D eigenvalue weighted by molar-refractivity contribution is 9.10. The van der Waals surface area contributed by atoms with Crippen molar-refractivity contribution < 1.29 is 17.7 Å². The van der Waals surface area contributed by atoms with E-state index in [4.69, 9.17) is 9.26 Å². The van der Waals surface area contributed by atoms with Gasteiger partial charge in [0.1, 0.15) is 0 Å². The number of rotatable bonds is 5. The van der Waals surface area contributed by atoms with Crippen LogP contribution in [0.4, 0.5) is 0 Å². The molecule has 7 nitrogen and oxygen atoms in total. The molecule has 0 spiro atoms. The van der Waals surface area contributed by atoms with E-state index in [1.165, 1.54) is 4.31 Å². The van der Waals surface area contributed by atoms with Crippen LogP contribution in [0.25, 0.3) is 11.4 Å². The van der Waals surface area contributed by atoms with Crippen LogP contribution in [0.3, 0.4) is 0 Å². The van der Waals surface area contributed by atoms with E-state index >= 15 is 0 Å². The molecule has 1 aromatic heterocycles. The Hall–Kier alpha value is -2.07. The number of halogens is 1. The number of nitrogens with zero attached hydrogens (tertiary/aromatic N) is 3. The van der Waals surface area contributed by atoms with Gasteiger partial charge in [-0.3, -0.25) is 0 Å². The molecule has 0 bridgehead atoms. The van der Waals surface area contributed by atoms with Crippen LogP contribution in [-0.2, 0) is 21.2 Å². The van der Waals surface area contributed by atoms with Crippen LogP contribution in [0.15, 0.2) is 62.4 Å². The lowest BCUT2D eigenvalue weighted by Gasteiger charge is -2.26. The van der Waals surface area contributed by atoms with Crippen molar-refractivity contribution in [3.63, 3.8) is 0 Å². The van der Waals surface area contributed by atoms with Crippen molar-refractivity contribution >= 4 is 26.0 Å². The van der Waals surface area contributed by atoms with Crippen LogP contribution in [0.1, 0.15) is 11.5 Å². The predicted octanol–water partition coefficient (Wildman–Crippen LogP) is 3.11. The van der Waals surface area contributed by atoms with Crippen molar-refractivity contribution in [2.45, 2.75) is 11.3 Å². The monoisotopic (exact) mass is 463 g/mol. The minimum atomic E-state index is -3.51. The van der Waals surface area contributed by atoms with Gasteiger partial charge in [0, 0.05) is 23.1 Å². The van der Waals surface area contributed by atoms with E-state index in [9.17, 15) is 8.42 Å². The van der Waals surface area contributed by atoms with Gasteiger partial charge in [0.2, 0.25) is 21.7 Å². The molecule has 0 saturated carbocycles. The van der Waals surface area contributed by atoms with Crippen molar-refractivity contribution in [1.82, 2.24) is 14.4 Å². The van der Waals surface area contributed by atoms with Crippen molar-refractivity contribution in [1.29, 1.82) is 0 Å². The zero-order chi connectivity index (χ0) is 19.6. The molecule has 0 radical (unpaired) electrons. The largest absolute Gasteiger partial charge is 0.379 e. The van der Waals surface area contributed by atoms with Gasteiger partial charge in [-0.05, 0) is 42.0 Å². The third-order valence-electron chi connectivity index (χ3n) is 4.46. The van der Waals surface area contributed by atoms with E-state index in [1.54, 1.807) is 24.3 Å². The zero-order valence-corrected chi connectivity index (χ0v) is 17.3. The molecule has 4 rings (SSSR count). The topological polar surface area (TPSA) is 85.5 Å². The Labute approximate surface area is 171 Å². The van der Waals surface area contributed by atoms with Gasteiger partial charge in [-0.1, -0.05) is 33.2 Å². The van der Waals surface area contributed by atoms with Gasteiger partial charge in [0.15, 0.2) is 0 Å². The summed E-state index contributed by atoms with van der Waals surface area (Å²) in [5, 5.41) is 4.01. The van der Waals surface area contributed by atoms with Gasteiger partial charge in [-0.25, -0.2) is 8.42 Å². The van der Waals surface area contributed by atoms with Crippen molar-refractivity contribution in [2.75, 3.05) is 26.3 Å². The minimum absolute atomic E-state index is 0.247. The Balaban J connectivity index is 1.49. The summed E-state index contributed by atoms with van der Waals surface area (Å²) in [5.41, 5.74) is 1.76. The van der Waals surface area contributed by atoms with E-state index in [-0.39, 0.29) is 4.90 Å². The highest BCUT2D eigenvalue weighted by atomic mass is 79.9. The molecule has 0 N–H and O–H groups in total. The summed E-state index contributed by atoms with van der Waals surface area (Å²) in [7, 11) is -3.51. The highest BCUT2D eigenvalue weighted by Crippen LogP contribution is 2.22. The molecule has 9 heteroatoms. The summed E-state index contributed by atoms with van der Waals surface area (Å²) in [6.07, 6.45) is 0.532. The van der Waals surface area contributed by atoms with Crippen molar-refractivity contribution in [3.05, 3.63) is 64.5 Å². The van der Waals surface area contributed by atoms with Gasteiger partial charge in [-0.2, -0.15) is 9.29 Å². The summed E-state index contributed by atoms with van der Waals surface area (Å²) in [4.78, 5) is 4.66. The molecule has 1 saturated heterocycles. The molecule has 146 valence electrons. The van der Waals surface area contributed by atoms with Crippen LogP contribution in [0.2, 0.25) is 0 Å². The molecule has 0 aliphatic carbocycles. The first-order valence-corrected chi connectivity index (χ1v) is 11.0. The average molecular weight is 464 g/mol. The number of ether oxygens (including phenoxy) is 1. The SMILES string of the molecule is O=S(=O)(c1ccc(-c2noc(Cc3ccc(Br)cc3)n2)cc1)N1CCOCC1. The molecule has 0 unspecified atom stereocenters. The third-order valence-corrected chi connectivity index (χ3v) is 6.90. The van der Waals surface area contributed by atoms with E-state index in [0.717, 1.165) is 10.0 Å². The summed E-state index contributed by atoms with van der Waals surface area (Å²) in [6.45, 7) is 1.57. The van der Waals surface area contributed by atoms with E-state index in [1.807, 2.05) is 24.3 Å². The first-order valence-electron chi connectivity index (χ1n) is 8.78. The molecule has 2 heterocycles. The quantitative estimate of drug-likeness (QED) is 0.577. The zero-order valence-electron chi connectivity index (χ0n) is 14.9. The standard InChI is InChI=1S/C19H18BrN3O4S/c20-16-5-1-14(2-6-16)13-18-21-19(22-27-18)15-3-7-17(8-4-15)28(24,25)23-9-11-26-12-10-23/h1-8H,9-13H2. The fourth-order valence-corrected chi connectivity index (χ4v) is 4.61. The maximum absolute atomic E-state index is 12.7. The maximum atomic E-state index is 12.7. The normalized spacial score (nSPS) is 15.6. The third kappa shape index (κ3) is 4.17. The second-order valence-corrected chi connectivity index (χ2v) is 9.21. The van der Waals surface area contributed by atoms with E-state index in [2.05, 4.69) is 26.1 Å². The Kier molecular flexibility index (Phi) is 5.58. The lowest BCUT2D eigenvalue weighted by molar-refractivity contribution is 0.0730. The van der Waals surface area contributed by atoms with Gasteiger partial charge in [0.05, 0.1) is 24.5 Å². The van der Waals surface area contributed by atoms with Crippen LogP contribution >= 0.6 is 15.9 Å². The molecule has 0 amide bonds.